The lowest BCUT2D eigenvalue weighted by Crippen LogP contribution is -2.21. The molecule has 0 aliphatic heterocycles. The molecule has 1 aromatic rings. The van der Waals surface area contributed by atoms with Crippen molar-refractivity contribution in [2.24, 2.45) is 5.92 Å². The Morgan fingerprint density at radius 1 is 1.20 bits per heavy atom. The van der Waals surface area contributed by atoms with Crippen molar-refractivity contribution >= 4 is 0 Å². The Kier molecular flexibility index (Phi) is 3.97. The van der Waals surface area contributed by atoms with Gasteiger partial charge in [0.25, 0.3) is 0 Å². The summed E-state index contributed by atoms with van der Waals surface area (Å²) in [6, 6.07) is 5.03. The van der Waals surface area contributed by atoms with Crippen molar-refractivity contribution in [3.05, 3.63) is 23.8 Å². The standard InChI is InChI=1S/C12H19NO2/c1-8(2)10(7-13-3)9-4-5-11(14)12(15)6-9/h4-6,8,10,13-15H,7H2,1-3H3. The van der Waals surface area contributed by atoms with Crippen LogP contribution >= 0.6 is 0 Å². The molecule has 1 rings (SSSR count). The van der Waals surface area contributed by atoms with Crippen LogP contribution < -0.4 is 5.32 Å². The highest BCUT2D eigenvalue weighted by molar-refractivity contribution is 5.41. The van der Waals surface area contributed by atoms with Crippen LogP contribution in [0.3, 0.4) is 0 Å². The second-order valence-corrected chi connectivity index (χ2v) is 4.16. The van der Waals surface area contributed by atoms with E-state index < -0.39 is 0 Å². The Labute approximate surface area is 90.8 Å². The number of rotatable bonds is 4. The van der Waals surface area contributed by atoms with Crippen molar-refractivity contribution in [2.45, 2.75) is 19.8 Å². The van der Waals surface area contributed by atoms with E-state index in [0.717, 1.165) is 12.1 Å². The highest BCUT2D eigenvalue weighted by Crippen LogP contribution is 2.31. The summed E-state index contributed by atoms with van der Waals surface area (Å²) < 4.78 is 0. The van der Waals surface area contributed by atoms with Crippen molar-refractivity contribution in [2.75, 3.05) is 13.6 Å². The van der Waals surface area contributed by atoms with E-state index in [-0.39, 0.29) is 11.5 Å². The van der Waals surface area contributed by atoms with Crippen LogP contribution in [0, 0.1) is 5.92 Å². The van der Waals surface area contributed by atoms with Crippen LogP contribution in [0.1, 0.15) is 25.3 Å². The Morgan fingerprint density at radius 2 is 1.87 bits per heavy atom. The van der Waals surface area contributed by atoms with Gasteiger partial charge in [0, 0.05) is 6.54 Å². The van der Waals surface area contributed by atoms with Crippen LogP contribution in [0.5, 0.6) is 11.5 Å². The van der Waals surface area contributed by atoms with E-state index >= 15 is 0 Å². The highest BCUT2D eigenvalue weighted by Gasteiger charge is 2.16. The number of phenols is 2. The van der Waals surface area contributed by atoms with Crippen LogP contribution in [0.15, 0.2) is 18.2 Å². The third kappa shape index (κ3) is 2.86. The van der Waals surface area contributed by atoms with E-state index in [1.807, 2.05) is 13.1 Å². The molecule has 0 fully saturated rings. The van der Waals surface area contributed by atoms with Crippen molar-refractivity contribution in [3.63, 3.8) is 0 Å². The molecule has 0 spiro atoms. The summed E-state index contributed by atoms with van der Waals surface area (Å²) in [5.41, 5.74) is 1.05. The summed E-state index contributed by atoms with van der Waals surface area (Å²) in [4.78, 5) is 0. The molecular weight excluding hydrogens is 190 g/mol. The number of aromatic hydroxyl groups is 2. The summed E-state index contributed by atoms with van der Waals surface area (Å²) >= 11 is 0. The third-order valence-corrected chi connectivity index (χ3v) is 2.66. The summed E-state index contributed by atoms with van der Waals surface area (Å²) in [7, 11) is 1.91. The van der Waals surface area contributed by atoms with Crippen LogP contribution in [-0.2, 0) is 0 Å². The minimum Gasteiger partial charge on any atom is -0.504 e. The van der Waals surface area contributed by atoms with Gasteiger partial charge in [-0.05, 0) is 36.6 Å². The topological polar surface area (TPSA) is 52.5 Å². The molecule has 0 aliphatic rings. The monoisotopic (exact) mass is 209 g/mol. The fourth-order valence-electron chi connectivity index (χ4n) is 1.73. The van der Waals surface area contributed by atoms with Gasteiger partial charge in [0.15, 0.2) is 11.5 Å². The molecule has 84 valence electrons. The van der Waals surface area contributed by atoms with E-state index in [4.69, 9.17) is 0 Å². The van der Waals surface area contributed by atoms with Gasteiger partial charge >= 0.3 is 0 Å². The van der Waals surface area contributed by atoms with Crippen molar-refractivity contribution in [3.8, 4) is 11.5 Å². The molecule has 1 atom stereocenters. The third-order valence-electron chi connectivity index (χ3n) is 2.66. The van der Waals surface area contributed by atoms with E-state index in [9.17, 15) is 10.2 Å². The quantitative estimate of drug-likeness (QED) is 0.665. The van der Waals surface area contributed by atoms with Gasteiger partial charge in [-0.15, -0.1) is 0 Å². The van der Waals surface area contributed by atoms with E-state index in [0.29, 0.717) is 11.8 Å². The molecule has 0 bridgehead atoms. The number of phenolic OH excluding ortho intramolecular Hbond substituents is 2. The molecule has 1 unspecified atom stereocenters. The molecular formula is C12H19NO2. The maximum Gasteiger partial charge on any atom is 0.157 e. The molecule has 0 saturated heterocycles. The second kappa shape index (κ2) is 5.03. The first-order valence-corrected chi connectivity index (χ1v) is 5.22. The summed E-state index contributed by atoms with van der Waals surface area (Å²) in [5.74, 6) is 0.725. The number of likely N-dealkylation sites (N-methyl/N-ethyl adjacent to an activating group) is 1. The summed E-state index contributed by atoms with van der Waals surface area (Å²) in [6.07, 6.45) is 0. The Bertz CT molecular complexity index is 323. The maximum absolute atomic E-state index is 9.43. The molecule has 0 amide bonds. The minimum atomic E-state index is -0.0642. The lowest BCUT2D eigenvalue weighted by Gasteiger charge is -2.21. The zero-order chi connectivity index (χ0) is 11.4. The first kappa shape index (κ1) is 11.9. The summed E-state index contributed by atoms with van der Waals surface area (Å²) in [6.45, 7) is 5.15. The highest BCUT2D eigenvalue weighted by atomic mass is 16.3. The van der Waals surface area contributed by atoms with Crippen LogP contribution in [-0.4, -0.2) is 23.8 Å². The second-order valence-electron chi connectivity index (χ2n) is 4.16. The first-order valence-electron chi connectivity index (χ1n) is 5.22. The van der Waals surface area contributed by atoms with Gasteiger partial charge < -0.3 is 15.5 Å². The predicted molar refractivity (Wildman–Crippen MR) is 61.3 cm³/mol. The van der Waals surface area contributed by atoms with Crippen LogP contribution in [0.4, 0.5) is 0 Å². The number of hydrogen-bond donors (Lipinski definition) is 3. The SMILES string of the molecule is CNCC(c1ccc(O)c(O)c1)C(C)C. The Balaban J connectivity index is 2.95. The molecule has 0 aliphatic carbocycles. The van der Waals surface area contributed by atoms with Gasteiger partial charge in [-0.1, -0.05) is 19.9 Å². The van der Waals surface area contributed by atoms with Gasteiger partial charge in [0.1, 0.15) is 0 Å². The smallest absolute Gasteiger partial charge is 0.157 e. The molecule has 0 radical (unpaired) electrons. The zero-order valence-electron chi connectivity index (χ0n) is 9.49. The zero-order valence-corrected chi connectivity index (χ0v) is 9.49. The van der Waals surface area contributed by atoms with Gasteiger partial charge in [0.05, 0.1) is 0 Å². The van der Waals surface area contributed by atoms with Gasteiger partial charge in [-0.2, -0.15) is 0 Å². The van der Waals surface area contributed by atoms with Gasteiger partial charge in [-0.25, -0.2) is 0 Å². The molecule has 0 heterocycles. The van der Waals surface area contributed by atoms with Crippen molar-refractivity contribution in [1.82, 2.24) is 5.32 Å². The van der Waals surface area contributed by atoms with Crippen molar-refractivity contribution in [1.29, 1.82) is 0 Å². The average molecular weight is 209 g/mol. The van der Waals surface area contributed by atoms with E-state index in [2.05, 4.69) is 19.2 Å². The number of hydrogen-bond acceptors (Lipinski definition) is 3. The largest absolute Gasteiger partial charge is 0.504 e. The molecule has 0 saturated carbocycles. The number of nitrogens with one attached hydrogen (secondary N) is 1. The van der Waals surface area contributed by atoms with E-state index in [1.54, 1.807) is 6.07 Å². The molecule has 3 nitrogen and oxygen atoms in total. The Hall–Kier alpha value is -1.22. The normalized spacial score (nSPS) is 13.1. The molecule has 1 aromatic carbocycles. The fraction of sp³-hybridized carbons (Fsp3) is 0.500. The molecule has 3 N–H and O–H groups in total. The molecule has 3 heteroatoms. The first-order chi connectivity index (χ1) is 7.06. The number of benzene rings is 1. The van der Waals surface area contributed by atoms with Crippen LogP contribution in [0.25, 0.3) is 0 Å². The van der Waals surface area contributed by atoms with Gasteiger partial charge in [0.2, 0.25) is 0 Å². The molecule has 15 heavy (non-hydrogen) atoms. The van der Waals surface area contributed by atoms with Crippen LogP contribution in [0.2, 0.25) is 0 Å². The van der Waals surface area contributed by atoms with E-state index in [1.165, 1.54) is 6.07 Å². The van der Waals surface area contributed by atoms with Gasteiger partial charge in [-0.3, -0.25) is 0 Å². The molecule has 0 aromatic heterocycles. The lowest BCUT2D eigenvalue weighted by molar-refractivity contribution is 0.400. The predicted octanol–water partition coefficient (Wildman–Crippen LogP) is 2.06. The lowest BCUT2D eigenvalue weighted by atomic mass is 9.88. The fourth-order valence-corrected chi connectivity index (χ4v) is 1.73. The maximum atomic E-state index is 9.43. The summed E-state index contributed by atoms with van der Waals surface area (Å²) in [5, 5.41) is 21.8. The van der Waals surface area contributed by atoms with Crippen molar-refractivity contribution < 1.29 is 10.2 Å². The minimum absolute atomic E-state index is 0.0470. The average Bonchev–Trinajstić information content (AvgIpc) is 2.18. The Morgan fingerprint density at radius 3 is 2.33 bits per heavy atom.